The number of benzene rings is 1. The van der Waals surface area contributed by atoms with E-state index in [4.69, 9.17) is 10.5 Å². The van der Waals surface area contributed by atoms with Crippen molar-refractivity contribution in [2.24, 2.45) is 5.92 Å². The zero-order valence-corrected chi connectivity index (χ0v) is 11.5. The number of carbonyl (C=O) groups is 1. The normalized spacial score (nSPS) is 12.3. The Morgan fingerprint density at radius 3 is 2.61 bits per heavy atom. The van der Waals surface area contributed by atoms with Crippen LogP contribution in [-0.4, -0.2) is 18.6 Å². The van der Waals surface area contributed by atoms with Crippen molar-refractivity contribution >= 4 is 17.3 Å². The molecule has 0 aromatic heterocycles. The molecule has 1 unspecified atom stereocenters. The van der Waals surface area contributed by atoms with Crippen LogP contribution < -0.4 is 11.1 Å². The molecule has 4 nitrogen and oxygen atoms in total. The number of esters is 1. The average Bonchev–Trinajstić information content (AvgIpc) is 2.31. The molecule has 0 aliphatic carbocycles. The summed E-state index contributed by atoms with van der Waals surface area (Å²) >= 11 is 0. The van der Waals surface area contributed by atoms with Crippen LogP contribution in [0.5, 0.6) is 0 Å². The molecule has 0 saturated heterocycles. The molecule has 1 aromatic carbocycles. The zero-order valence-electron chi connectivity index (χ0n) is 11.5. The van der Waals surface area contributed by atoms with E-state index in [0.717, 1.165) is 5.69 Å². The quantitative estimate of drug-likeness (QED) is 0.623. The molecule has 100 valence electrons. The molecular formula is C14H22N2O2. The van der Waals surface area contributed by atoms with Gasteiger partial charge in [0.05, 0.1) is 12.2 Å². The number of nitrogen functional groups attached to an aromatic ring is 1. The minimum atomic E-state index is -0.344. The molecule has 1 aromatic rings. The van der Waals surface area contributed by atoms with E-state index in [-0.39, 0.29) is 12.0 Å². The molecule has 3 N–H and O–H groups in total. The Morgan fingerprint density at radius 2 is 2.06 bits per heavy atom. The summed E-state index contributed by atoms with van der Waals surface area (Å²) in [5.74, 6) is 0.126. The number of hydrogen-bond acceptors (Lipinski definition) is 4. The lowest BCUT2D eigenvalue weighted by atomic mass is 10.0. The van der Waals surface area contributed by atoms with E-state index in [1.807, 2.05) is 6.07 Å². The number of ether oxygens (including phenoxy) is 1. The van der Waals surface area contributed by atoms with Crippen molar-refractivity contribution in [1.29, 1.82) is 0 Å². The molecule has 18 heavy (non-hydrogen) atoms. The Balaban J connectivity index is 2.99. The summed E-state index contributed by atoms with van der Waals surface area (Å²) in [7, 11) is 0. The van der Waals surface area contributed by atoms with Crippen molar-refractivity contribution in [2.75, 3.05) is 17.7 Å². The van der Waals surface area contributed by atoms with Gasteiger partial charge in [-0.15, -0.1) is 0 Å². The van der Waals surface area contributed by atoms with Crippen LogP contribution in [0.3, 0.4) is 0 Å². The van der Waals surface area contributed by atoms with E-state index < -0.39 is 0 Å². The van der Waals surface area contributed by atoms with Crippen molar-refractivity contribution < 1.29 is 9.53 Å². The molecule has 0 aliphatic heterocycles. The van der Waals surface area contributed by atoms with Crippen LogP contribution in [0.25, 0.3) is 0 Å². The van der Waals surface area contributed by atoms with E-state index in [1.165, 1.54) is 0 Å². The SMILES string of the molecule is CCOC(=O)c1cc(N)ccc1NC(C)C(C)C. The van der Waals surface area contributed by atoms with Crippen LogP contribution in [0.2, 0.25) is 0 Å². The fraction of sp³-hybridized carbons (Fsp3) is 0.500. The predicted molar refractivity (Wildman–Crippen MR) is 74.7 cm³/mol. The topological polar surface area (TPSA) is 64.3 Å². The zero-order chi connectivity index (χ0) is 13.7. The van der Waals surface area contributed by atoms with Gasteiger partial charge in [-0.1, -0.05) is 13.8 Å². The molecule has 0 saturated carbocycles. The Hall–Kier alpha value is -1.71. The van der Waals surface area contributed by atoms with Crippen molar-refractivity contribution in [2.45, 2.75) is 33.7 Å². The van der Waals surface area contributed by atoms with Crippen LogP contribution in [0.1, 0.15) is 38.1 Å². The molecule has 0 radical (unpaired) electrons. The summed E-state index contributed by atoms with van der Waals surface area (Å²) in [6.07, 6.45) is 0. The number of anilines is 2. The van der Waals surface area contributed by atoms with Crippen molar-refractivity contribution in [3.8, 4) is 0 Å². The first-order valence-electron chi connectivity index (χ1n) is 6.28. The van der Waals surface area contributed by atoms with Crippen LogP contribution in [0.15, 0.2) is 18.2 Å². The maximum Gasteiger partial charge on any atom is 0.340 e. The molecule has 0 spiro atoms. The molecule has 0 heterocycles. The van der Waals surface area contributed by atoms with Gasteiger partial charge in [-0.2, -0.15) is 0 Å². The summed E-state index contributed by atoms with van der Waals surface area (Å²) in [5.41, 5.74) is 7.53. The molecule has 0 fully saturated rings. The van der Waals surface area contributed by atoms with E-state index in [2.05, 4.69) is 26.1 Å². The van der Waals surface area contributed by atoms with Gasteiger partial charge in [0.2, 0.25) is 0 Å². The van der Waals surface area contributed by atoms with Crippen LogP contribution in [0.4, 0.5) is 11.4 Å². The third-order valence-corrected chi connectivity index (χ3v) is 2.92. The molecule has 0 amide bonds. The lowest BCUT2D eigenvalue weighted by molar-refractivity contribution is 0.0527. The summed E-state index contributed by atoms with van der Waals surface area (Å²) in [6, 6.07) is 5.51. The Bertz CT molecular complexity index is 416. The van der Waals surface area contributed by atoms with Gasteiger partial charge >= 0.3 is 5.97 Å². The minimum Gasteiger partial charge on any atom is -0.462 e. The van der Waals surface area contributed by atoms with Gasteiger partial charge in [0.25, 0.3) is 0 Å². The molecule has 0 bridgehead atoms. The van der Waals surface area contributed by atoms with Crippen LogP contribution in [0, 0.1) is 5.92 Å². The first kappa shape index (κ1) is 14.4. The fourth-order valence-corrected chi connectivity index (χ4v) is 1.48. The van der Waals surface area contributed by atoms with Gasteiger partial charge in [0, 0.05) is 17.4 Å². The molecule has 0 aliphatic rings. The summed E-state index contributed by atoms with van der Waals surface area (Å²) in [5, 5.41) is 3.32. The van der Waals surface area contributed by atoms with Crippen molar-refractivity contribution in [3.05, 3.63) is 23.8 Å². The maximum atomic E-state index is 11.9. The highest BCUT2D eigenvalue weighted by Gasteiger charge is 2.15. The monoisotopic (exact) mass is 250 g/mol. The van der Waals surface area contributed by atoms with Gasteiger partial charge in [0.15, 0.2) is 0 Å². The largest absolute Gasteiger partial charge is 0.462 e. The average molecular weight is 250 g/mol. The fourth-order valence-electron chi connectivity index (χ4n) is 1.48. The van der Waals surface area contributed by atoms with Gasteiger partial charge in [-0.25, -0.2) is 4.79 Å². The highest BCUT2D eigenvalue weighted by Crippen LogP contribution is 2.22. The number of nitrogens with two attached hydrogens (primary N) is 1. The van der Waals surface area contributed by atoms with Gasteiger partial charge < -0.3 is 15.8 Å². The summed E-state index contributed by atoms with van der Waals surface area (Å²) in [6.45, 7) is 8.47. The predicted octanol–water partition coefficient (Wildman–Crippen LogP) is 2.90. The van der Waals surface area contributed by atoms with Gasteiger partial charge in [-0.3, -0.25) is 0 Å². The number of rotatable bonds is 5. The van der Waals surface area contributed by atoms with Gasteiger partial charge in [-0.05, 0) is 38.0 Å². The Morgan fingerprint density at radius 1 is 1.39 bits per heavy atom. The van der Waals surface area contributed by atoms with E-state index in [9.17, 15) is 4.79 Å². The highest BCUT2D eigenvalue weighted by molar-refractivity contribution is 5.96. The van der Waals surface area contributed by atoms with Crippen LogP contribution in [-0.2, 0) is 4.74 Å². The first-order chi connectivity index (χ1) is 8.45. The van der Waals surface area contributed by atoms with Crippen molar-refractivity contribution in [3.63, 3.8) is 0 Å². The molecule has 1 rings (SSSR count). The van der Waals surface area contributed by atoms with Crippen molar-refractivity contribution in [1.82, 2.24) is 0 Å². The minimum absolute atomic E-state index is 0.266. The lowest BCUT2D eigenvalue weighted by Gasteiger charge is -2.20. The summed E-state index contributed by atoms with van der Waals surface area (Å²) < 4.78 is 5.03. The molecule has 1 atom stereocenters. The number of hydrogen-bond donors (Lipinski definition) is 2. The number of nitrogens with one attached hydrogen (secondary N) is 1. The first-order valence-corrected chi connectivity index (χ1v) is 6.28. The van der Waals surface area contributed by atoms with E-state index in [1.54, 1.807) is 19.1 Å². The third kappa shape index (κ3) is 3.65. The molecule has 4 heteroatoms. The highest BCUT2D eigenvalue weighted by atomic mass is 16.5. The number of carbonyl (C=O) groups excluding carboxylic acids is 1. The second-order valence-corrected chi connectivity index (χ2v) is 4.70. The van der Waals surface area contributed by atoms with Crippen LogP contribution >= 0.6 is 0 Å². The third-order valence-electron chi connectivity index (χ3n) is 2.92. The standard InChI is InChI=1S/C14H22N2O2/c1-5-18-14(17)12-8-11(15)6-7-13(12)16-10(4)9(2)3/h6-10,16H,5,15H2,1-4H3. The Kier molecular flexibility index (Phi) is 5.01. The van der Waals surface area contributed by atoms with E-state index in [0.29, 0.717) is 23.8 Å². The maximum absolute atomic E-state index is 11.9. The second kappa shape index (κ2) is 6.28. The smallest absolute Gasteiger partial charge is 0.340 e. The van der Waals surface area contributed by atoms with Gasteiger partial charge in [0.1, 0.15) is 0 Å². The summed E-state index contributed by atoms with van der Waals surface area (Å²) in [4.78, 5) is 11.9. The molecular weight excluding hydrogens is 228 g/mol. The Labute approximate surface area is 109 Å². The lowest BCUT2D eigenvalue weighted by Crippen LogP contribution is -2.23. The second-order valence-electron chi connectivity index (χ2n) is 4.70. The van der Waals surface area contributed by atoms with E-state index >= 15 is 0 Å².